The summed E-state index contributed by atoms with van der Waals surface area (Å²) in [5.74, 6) is -0.663. The van der Waals surface area contributed by atoms with E-state index in [1.54, 1.807) is 4.90 Å². The van der Waals surface area contributed by atoms with Crippen molar-refractivity contribution in [3.8, 4) is 11.5 Å². The van der Waals surface area contributed by atoms with Gasteiger partial charge in [-0.3, -0.25) is 4.79 Å². The number of phenolic OH excluding ortho intramolecular Hbond substituents is 2. The highest BCUT2D eigenvalue weighted by Crippen LogP contribution is 2.28. The fraction of sp³-hybridized carbons (Fsp3) is 0.462. The number of likely N-dealkylation sites (N-methyl/N-ethyl adjacent to an activating group) is 1. The molecule has 0 aliphatic carbocycles. The fourth-order valence-corrected chi connectivity index (χ4v) is 2.33. The van der Waals surface area contributed by atoms with Crippen LogP contribution >= 0.6 is 0 Å². The summed E-state index contributed by atoms with van der Waals surface area (Å²) < 4.78 is 0. The van der Waals surface area contributed by atoms with E-state index in [4.69, 9.17) is 0 Å². The van der Waals surface area contributed by atoms with Crippen molar-refractivity contribution >= 4 is 5.91 Å². The topological polar surface area (TPSA) is 64.0 Å². The number of carbonyl (C=O) groups excluding carboxylic acids is 1. The molecule has 1 aromatic carbocycles. The van der Waals surface area contributed by atoms with Gasteiger partial charge in [0.25, 0.3) is 5.91 Å². The maximum absolute atomic E-state index is 12.3. The molecule has 0 aromatic heterocycles. The van der Waals surface area contributed by atoms with E-state index in [0.29, 0.717) is 6.54 Å². The molecule has 0 bridgehead atoms. The van der Waals surface area contributed by atoms with E-state index in [-0.39, 0.29) is 29.0 Å². The van der Waals surface area contributed by atoms with Crippen LogP contribution in [0.3, 0.4) is 0 Å². The first-order chi connectivity index (χ1) is 8.50. The number of rotatable bonds is 1. The second-order valence-electron chi connectivity index (χ2n) is 4.78. The van der Waals surface area contributed by atoms with Crippen molar-refractivity contribution in [1.82, 2.24) is 9.80 Å². The highest BCUT2D eigenvalue weighted by atomic mass is 16.3. The molecule has 2 rings (SSSR count). The fourth-order valence-electron chi connectivity index (χ4n) is 2.33. The zero-order chi connectivity index (χ0) is 13.3. The van der Waals surface area contributed by atoms with Gasteiger partial charge in [-0.05, 0) is 26.1 Å². The van der Waals surface area contributed by atoms with Gasteiger partial charge in [0.15, 0.2) is 0 Å². The van der Waals surface area contributed by atoms with Gasteiger partial charge in [-0.2, -0.15) is 0 Å². The van der Waals surface area contributed by atoms with E-state index in [1.165, 1.54) is 18.2 Å². The van der Waals surface area contributed by atoms with Gasteiger partial charge in [0, 0.05) is 25.7 Å². The number of piperazine rings is 1. The number of nitrogens with zero attached hydrogens (tertiary/aromatic N) is 2. The van der Waals surface area contributed by atoms with Crippen LogP contribution in [0.4, 0.5) is 0 Å². The van der Waals surface area contributed by atoms with E-state index in [0.717, 1.165) is 13.1 Å². The second-order valence-corrected chi connectivity index (χ2v) is 4.78. The highest BCUT2D eigenvalue weighted by molar-refractivity contribution is 5.99. The third kappa shape index (κ3) is 2.26. The summed E-state index contributed by atoms with van der Waals surface area (Å²) in [7, 11) is 2.01. The average Bonchev–Trinajstić information content (AvgIpc) is 2.28. The molecule has 1 atom stereocenters. The van der Waals surface area contributed by atoms with Crippen LogP contribution in [-0.4, -0.2) is 58.6 Å². The number of aromatic hydroxyl groups is 2. The molecule has 5 nitrogen and oxygen atoms in total. The summed E-state index contributed by atoms with van der Waals surface area (Å²) in [6.45, 7) is 4.15. The Hall–Kier alpha value is -1.75. The zero-order valence-electron chi connectivity index (χ0n) is 10.6. The normalized spacial score (nSPS) is 21.0. The van der Waals surface area contributed by atoms with Crippen molar-refractivity contribution in [3.63, 3.8) is 0 Å². The third-order valence-electron chi connectivity index (χ3n) is 3.33. The van der Waals surface area contributed by atoms with Crippen molar-refractivity contribution < 1.29 is 15.0 Å². The van der Waals surface area contributed by atoms with Crippen LogP contribution in [0.5, 0.6) is 11.5 Å². The van der Waals surface area contributed by atoms with Gasteiger partial charge in [-0.1, -0.05) is 6.07 Å². The monoisotopic (exact) mass is 250 g/mol. The maximum Gasteiger partial charge on any atom is 0.261 e. The number of hydrogen-bond donors (Lipinski definition) is 2. The Morgan fingerprint density at radius 2 is 1.89 bits per heavy atom. The third-order valence-corrected chi connectivity index (χ3v) is 3.33. The molecule has 2 N–H and O–H groups in total. The van der Waals surface area contributed by atoms with Gasteiger partial charge < -0.3 is 20.0 Å². The Bertz CT molecular complexity index is 441. The minimum Gasteiger partial charge on any atom is -0.507 e. The lowest BCUT2D eigenvalue weighted by molar-refractivity contribution is 0.0528. The lowest BCUT2D eigenvalue weighted by Crippen LogP contribution is -2.52. The Morgan fingerprint density at radius 1 is 1.28 bits per heavy atom. The molecule has 0 saturated carbocycles. The van der Waals surface area contributed by atoms with Crippen molar-refractivity contribution in [1.29, 1.82) is 0 Å². The minimum atomic E-state index is -0.314. The van der Waals surface area contributed by atoms with E-state index in [1.807, 2.05) is 14.0 Å². The van der Waals surface area contributed by atoms with Crippen molar-refractivity contribution in [2.75, 3.05) is 26.7 Å². The van der Waals surface area contributed by atoms with Gasteiger partial charge >= 0.3 is 0 Å². The molecule has 5 heteroatoms. The van der Waals surface area contributed by atoms with Crippen LogP contribution in [-0.2, 0) is 0 Å². The highest BCUT2D eigenvalue weighted by Gasteiger charge is 2.29. The van der Waals surface area contributed by atoms with Crippen LogP contribution in [0, 0.1) is 0 Å². The molecule has 1 saturated heterocycles. The maximum atomic E-state index is 12.3. The van der Waals surface area contributed by atoms with Gasteiger partial charge in [0.1, 0.15) is 17.1 Å². The van der Waals surface area contributed by atoms with Crippen molar-refractivity contribution in [2.45, 2.75) is 13.0 Å². The Balaban J connectivity index is 2.26. The first-order valence-electron chi connectivity index (χ1n) is 6.01. The largest absolute Gasteiger partial charge is 0.507 e. The Morgan fingerprint density at radius 3 is 2.44 bits per heavy atom. The number of phenols is 2. The van der Waals surface area contributed by atoms with Crippen molar-refractivity contribution in [2.24, 2.45) is 0 Å². The minimum absolute atomic E-state index is 0.00565. The molecule has 18 heavy (non-hydrogen) atoms. The molecular formula is C13H18N2O3. The molecule has 0 radical (unpaired) electrons. The smallest absolute Gasteiger partial charge is 0.261 e. The molecule has 1 amide bonds. The first-order valence-corrected chi connectivity index (χ1v) is 6.01. The average molecular weight is 250 g/mol. The summed E-state index contributed by atoms with van der Waals surface area (Å²) in [5, 5.41) is 19.4. The molecule has 1 unspecified atom stereocenters. The van der Waals surface area contributed by atoms with Crippen LogP contribution in [0.1, 0.15) is 17.3 Å². The molecule has 1 fully saturated rings. The van der Waals surface area contributed by atoms with Crippen LogP contribution < -0.4 is 0 Å². The molecule has 1 aliphatic rings. The standard InChI is InChI=1S/C13H18N2O3/c1-9-8-14(2)6-7-15(9)13(18)12-10(16)4-3-5-11(12)17/h3-5,9,16-17H,6-8H2,1-2H3. The van der Waals surface area contributed by atoms with Gasteiger partial charge in [-0.15, -0.1) is 0 Å². The molecule has 1 heterocycles. The van der Waals surface area contributed by atoms with Crippen LogP contribution in [0.2, 0.25) is 0 Å². The first kappa shape index (κ1) is 12.7. The molecule has 0 spiro atoms. The summed E-state index contributed by atoms with van der Waals surface area (Å²) in [6.07, 6.45) is 0. The number of carbonyl (C=O) groups is 1. The lowest BCUT2D eigenvalue weighted by atomic mass is 10.1. The van der Waals surface area contributed by atoms with E-state index in [9.17, 15) is 15.0 Å². The molecule has 98 valence electrons. The molecular weight excluding hydrogens is 232 g/mol. The van der Waals surface area contributed by atoms with Crippen molar-refractivity contribution in [3.05, 3.63) is 23.8 Å². The van der Waals surface area contributed by atoms with Gasteiger partial charge in [-0.25, -0.2) is 0 Å². The lowest BCUT2D eigenvalue weighted by Gasteiger charge is -2.38. The van der Waals surface area contributed by atoms with Crippen LogP contribution in [0.15, 0.2) is 18.2 Å². The quantitative estimate of drug-likeness (QED) is 0.776. The van der Waals surface area contributed by atoms with Gasteiger partial charge in [0.2, 0.25) is 0 Å². The van der Waals surface area contributed by atoms with E-state index in [2.05, 4.69) is 4.90 Å². The van der Waals surface area contributed by atoms with E-state index >= 15 is 0 Å². The van der Waals surface area contributed by atoms with Crippen LogP contribution in [0.25, 0.3) is 0 Å². The molecule has 1 aromatic rings. The number of benzene rings is 1. The predicted molar refractivity (Wildman–Crippen MR) is 67.8 cm³/mol. The van der Waals surface area contributed by atoms with Gasteiger partial charge in [0.05, 0.1) is 0 Å². The summed E-state index contributed by atoms with van der Waals surface area (Å²) in [4.78, 5) is 16.2. The number of amides is 1. The zero-order valence-corrected chi connectivity index (χ0v) is 10.6. The Kier molecular flexibility index (Phi) is 3.43. The number of hydrogen-bond acceptors (Lipinski definition) is 4. The predicted octanol–water partition coefficient (Wildman–Crippen LogP) is 0.874. The molecule has 1 aliphatic heterocycles. The summed E-state index contributed by atoms with van der Waals surface area (Å²) in [6, 6.07) is 4.39. The second kappa shape index (κ2) is 4.86. The Labute approximate surface area is 106 Å². The van der Waals surface area contributed by atoms with E-state index < -0.39 is 0 Å². The SMILES string of the molecule is CC1CN(C)CCN1C(=O)c1c(O)cccc1O. The summed E-state index contributed by atoms with van der Waals surface area (Å²) >= 11 is 0. The summed E-state index contributed by atoms with van der Waals surface area (Å²) in [5.41, 5.74) is -0.00565.